The quantitative estimate of drug-likeness (QED) is 0.450. The molecule has 5 heteroatoms. The van der Waals surface area contributed by atoms with Crippen molar-refractivity contribution in [1.29, 1.82) is 5.26 Å². The SMILES string of the molecule is CC(C#N)CN(C)Cc1ccccc1CC(=O)NN. The van der Waals surface area contributed by atoms with E-state index in [-0.39, 0.29) is 18.2 Å². The van der Waals surface area contributed by atoms with Crippen molar-refractivity contribution < 1.29 is 4.79 Å². The van der Waals surface area contributed by atoms with Crippen molar-refractivity contribution in [3.63, 3.8) is 0 Å². The van der Waals surface area contributed by atoms with E-state index < -0.39 is 0 Å². The molecule has 5 nitrogen and oxygen atoms in total. The molecular formula is C14H20N4O. The Bertz CT molecular complexity index is 467. The molecule has 1 unspecified atom stereocenters. The van der Waals surface area contributed by atoms with E-state index in [0.717, 1.165) is 11.1 Å². The maximum atomic E-state index is 11.4. The molecule has 0 aliphatic heterocycles. The molecule has 0 saturated heterocycles. The molecule has 1 aromatic rings. The van der Waals surface area contributed by atoms with Crippen molar-refractivity contribution in [2.45, 2.75) is 19.9 Å². The van der Waals surface area contributed by atoms with Gasteiger partial charge in [-0.05, 0) is 25.1 Å². The van der Waals surface area contributed by atoms with Gasteiger partial charge in [0.15, 0.2) is 0 Å². The molecule has 0 fully saturated rings. The molecule has 3 N–H and O–H groups in total. The molecule has 1 atom stereocenters. The van der Waals surface area contributed by atoms with Crippen LogP contribution in [0.2, 0.25) is 0 Å². The second-order valence-electron chi connectivity index (χ2n) is 4.74. The van der Waals surface area contributed by atoms with Crippen LogP contribution in [0.25, 0.3) is 0 Å². The Morgan fingerprint density at radius 2 is 2.11 bits per heavy atom. The first-order chi connectivity index (χ1) is 9.06. The van der Waals surface area contributed by atoms with Crippen LogP contribution < -0.4 is 11.3 Å². The molecule has 0 bridgehead atoms. The monoisotopic (exact) mass is 260 g/mol. The molecule has 19 heavy (non-hydrogen) atoms. The molecule has 0 aliphatic rings. The van der Waals surface area contributed by atoms with Gasteiger partial charge >= 0.3 is 0 Å². The van der Waals surface area contributed by atoms with Gasteiger partial charge in [0.05, 0.1) is 18.4 Å². The second-order valence-corrected chi connectivity index (χ2v) is 4.74. The zero-order valence-corrected chi connectivity index (χ0v) is 11.4. The van der Waals surface area contributed by atoms with Crippen LogP contribution in [0, 0.1) is 17.2 Å². The number of nitriles is 1. The average Bonchev–Trinajstić information content (AvgIpc) is 2.40. The van der Waals surface area contributed by atoms with E-state index in [1.165, 1.54) is 0 Å². The van der Waals surface area contributed by atoms with Gasteiger partial charge in [-0.25, -0.2) is 5.84 Å². The highest BCUT2D eigenvalue weighted by molar-refractivity contribution is 5.78. The number of nitrogens with one attached hydrogen (secondary N) is 1. The molecular weight excluding hydrogens is 240 g/mol. The van der Waals surface area contributed by atoms with Crippen LogP contribution >= 0.6 is 0 Å². The van der Waals surface area contributed by atoms with Crippen molar-refractivity contribution >= 4 is 5.91 Å². The van der Waals surface area contributed by atoms with Crippen LogP contribution in [-0.2, 0) is 17.8 Å². The standard InChI is InChI=1S/C14H20N4O/c1-11(8-15)9-18(2)10-13-6-4-3-5-12(13)7-14(19)17-16/h3-6,11H,7,9-10,16H2,1-2H3,(H,17,19). The number of nitrogens with two attached hydrogens (primary N) is 1. The Hall–Kier alpha value is -1.90. The second kappa shape index (κ2) is 7.52. The molecule has 1 rings (SSSR count). The lowest BCUT2D eigenvalue weighted by Gasteiger charge is -2.19. The van der Waals surface area contributed by atoms with Gasteiger partial charge in [0.2, 0.25) is 5.91 Å². The maximum absolute atomic E-state index is 11.4. The summed E-state index contributed by atoms with van der Waals surface area (Å²) in [7, 11) is 1.97. The van der Waals surface area contributed by atoms with Crippen molar-refractivity contribution in [3.8, 4) is 6.07 Å². The molecule has 0 aromatic heterocycles. The van der Waals surface area contributed by atoms with E-state index in [2.05, 4.69) is 16.4 Å². The van der Waals surface area contributed by atoms with Gasteiger partial charge in [0.25, 0.3) is 0 Å². The lowest BCUT2D eigenvalue weighted by atomic mass is 10.0. The minimum Gasteiger partial charge on any atom is -0.301 e. The molecule has 0 radical (unpaired) electrons. The third-order valence-electron chi connectivity index (χ3n) is 2.88. The van der Waals surface area contributed by atoms with Crippen molar-refractivity contribution in [2.75, 3.05) is 13.6 Å². The van der Waals surface area contributed by atoms with Crippen LogP contribution in [0.1, 0.15) is 18.1 Å². The summed E-state index contributed by atoms with van der Waals surface area (Å²) in [6, 6.07) is 9.98. The van der Waals surface area contributed by atoms with Gasteiger partial charge in [-0.2, -0.15) is 5.26 Å². The Labute approximate surface area is 114 Å². The zero-order chi connectivity index (χ0) is 14.3. The first-order valence-electron chi connectivity index (χ1n) is 6.21. The van der Waals surface area contributed by atoms with E-state index in [1.54, 1.807) is 0 Å². The largest absolute Gasteiger partial charge is 0.301 e. The number of carbonyl (C=O) groups is 1. The summed E-state index contributed by atoms with van der Waals surface area (Å²) in [6.07, 6.45) is 0.272. The predicted molar refractivity (Wildman–Crippen MR) is 73.6 cm³/mol. The Kier molecular flexibility index (Phi) is 6.00. The Balaban J connectivity index is 2.72. The summed E-state index contributed by atoms with van der Waals surface area (Å²) in [5.74, 6) is 4.89. The number of carbonyl (C=O) groups excluding carboxylic acids is 1. The van der Waals surface area contributed by atoms with Gasteiger partial charge in [0, 0.05) is 13.1 Å². The summed E-state index contributed by atoms with van der Waals surface area (Å²) in [5.41, 5.74) is 4.18. The first kappa shape index (κ1) is 15.2. The van der Waals surface area contributed by atoms with E-state index in [0.29, 0.717) is 13.1 Å². The average molecular weight is 260 g/mol. The van der Waals surface area contributed by atoms with Gasteiger partial charge in [-0.1, -0.05) is 24.3 Å². The van der Waals surface area contributed by atoms with Crippen molar-refractivity contribution in [2.24, 2.45) is 11.8 Å². The smallest absolute Gasteiger partial charge is 0.238 e. The first-order valence-corrected chi connectivity index (χ1v) is 6.21. The number of rotatable bonds is 6. The van der Waals surface area contributed by atoms with Crippen LogP contribution in [0.4, 0.5) is 0 Å². The third kappa shape index (κ3) is 5.08. The summed E-state index contributed by atoms with van der Waals surface area (Å²) in [6.45, 7) is 3.30. The van der Waals surface area contributed by atoms with E-state index >= 15 is 0 Å². The summed E-state index contributed by atoms with van der Waals surface area (Å²) < 4.78 is 0. The highest BCUT2D eigenvalue weighted by Gasteiger charge is 2.10. The minimum absolute atomic E-state index is 0.00972. The van der Waals surface area contributed by atoms with Gasteiger partial charge < -0.3 is 4.90 Å². The summed E-state index contributed by atoms with van der Waals surface area (Å²) in [5, 5.41) is 8.81. The predicted octanol–water partition coefficient (Wildman–Crippen LogP) is 0.810. The lowest BCUT2D eigenvalue weighted by Crippen LogP contribution is -2.32. The van der Waals surface area contributed by atoms with Gasteiger partial charge in [-0.15, -0.1) is 0 Å². The van der Waals surface area contributed by atoms with Crippen LogP contribution in [0.15, 0.2) is 24.3 Å². The van der Waals surface area contributed by atoms with E-state index in [1.807, 2.05) is 38.2 Å². The number of hydrogen-bond acceptors (Lipinski definition) is 4. The van der Waals surface area contributed by atoms with Gasteiger partial charge in [-0.3, -0.25) is 10.2 Å². The molecule has 1 amide bonds. The molecule has 102 valence electrons. The summed E-state index contributed by atoms with van der Waals surface area (Å²) in [4.78, 5) is 13.4. The van der Waals surface area contributed by atoms with Crippen LogP contribution in [0.5, 0.6) is 0 Å². The number of hydrazine groups is 1. The fraction of sp³-hybridized carbons (Fsp3) is 0.429. The van der Waals surface area contributed by atoms with Crippen molar-refractivity contribution in [1.82, 2.24) is 10.3 Å². The number of benzene rings is 1. The highest BCUT2D eigenvalue weighted by atomic mass is 16.2. The Morgan fingerprint density at radius 1 is 1.47 bits per heavy atom. The lowest BCUT2D eigenvalue weighted by molar-refractivity contribution is -0.120. The zero-order valence-electron chi connectivity index (χ0n) is 11.4. The van der Waals surface area contributed by atoms with Crippen molar-refractivity contribution in [3.05, 3.63) is 35.4 Å². The molecule has 0 spiro atoms. The number of amides is 1. The van der Waals surface area contributed by atoms with Crippen LogP contribution in [0.3, 0.4) is 0 Å². The third-order valence-corrected chi connectivity index (χ3v) is 2.88. The molecule has 0 heterocycles. The number of nitrogens with zero attached hydrogens (tertiary/aromatic N) is 2. The maximum Gasteiger partial charge on any atom is 0.238 e. The topological polar surface area (TPSA) is 82.2 Å². The van der Waals surface area contributed by atoms with E-state index in [4.69, 9.17) is 11.1 Å². The highest BCUT2D eigenvalue weighted by Crippen LogP contribution is 2.12. The molecule has 0 aliphatic carbocycles. The Morgan fingerprint density at radius 3 is 2.68 bits per heavy atom. The van der Waals surface area contributed by atoms with Gasteiger partial charge in [0.1, 0.15) is 0 Å². The van der Waals surface area contributed by atoms with Crippen LogP contribution in [-0.4, -0.2) is 24.4 Å². The minimum atomic E-state index is -0.208. The normalized spacial score (nSPS) is 11.9. The molecule has 1 aromatic carbocycles. The fourth-order valence-corrected chi connectivity index (χ4v) is 1.97. The van der Waals surface area contributed by atoms with E-state index in [9.17, 15) is 4.79 Å². The molecule has 0 saturated carbocycles. The fourth-order valence-electron chi connectivity index (χ4n) is 1.97. The number of hydrogen-bond donors (Lipinski definition) is 2. The summed E-state index contributed by atoms with van der Waals surface area (Å²) >= 11 is 0.